The number of benzene rings is 2. The van der Waals surface area contributed by atoms with E-state index in [0.29, 0.717) is 42.4 Å². The molecule has 0 radical (unpaired) electrons. The molecule has 284 valence electrons. The summed E-state index contributed by atoms with van der Waals surface area (Å²) >= 11 is 0. The number of fused-ring (bicyclic) bond motifs is 4. The third-order valence-corrected chi connectivity index (χ3v) is 12.2. The number of nitrogens with one attached hydrogen (secondary N) is 3. The summed E-state index contributed by atoms with van der Waals surface area (Å²) < 4.78 is 39.6. The van der Waals surface area contributed by atoms with Gasteiger partial charge in [-0.1, -0.05) is 68.5 Å². The number of nitrogens with zero attached hydrogens (tertiary/aromatic N) is 3. The van der Waals surface area contributed by atoms with E-state index in [1.807, 2.05) is 60.7 Å². The third kappa shape index (κ3) is 7.68. The van der Waals surface area contributed by atoms with Crippen LogP contribution in [0.5, 0.6) is 5.88 Å². The number of rotatable bonds is 8. The zero-order valence-corrected chi connectivity index (χ0v) is 31.0. The Kier molecular flexibility index (Phi) is 10.2. The highest BCUT2D eigenvalue weighted by molar-refractivity contribution is 7.91. The number of hydrogen-bond acceptors (Lipinski definition) is 10. The van der Waals surface area contributed by atoms with E-state index in [0.717, 1.165) is 11.1 Å². The normalized spacial score (nSPS) is 26.5. The Morgan fingerprint density at radius 1 is 1.09 bits per heavy atom. The van der Waals surface area contributed by atoms with Crippen molar-refractivity contribution in [3.05, 3.63) is 72.8 Å². The number of hydrogen-bond donors (Lipinski definition) is 3. The fraction of sp³-hybridized carbons (Fsp3) is 0.436. The smallest absolute Gasteiger partial charge is 0.407 e. The van der Waals surface area contributed by atoms with Gasteiger partial charge in [0.2, 0.25) is 27.7 Å². The highest BCUT2D eigenvalue weighted by atomic mass is 32.2. The monoisotopic (exact) mass is 756 g/mol. The summed E-state index contributed by atoms with van der Waals surface area (Å²) in [4.78, 5) is 66.3. The van der Waals surface area contributed by atoms with Crippen molar-refractivity contribution in [1.82, 2.24) is 30.2 Å². The molecule has 2 aliphatic heterocycles. The summed E-state index contributed by atoms with van der Waals surface area (Å²) in [6, 6.07) is 12.9. The van der Waals surface area contributed by atoms with Gasteiger partial charge in [0.15, 0.2) is 0 Å². The molecule has 2 aliphatic carbocycles. The lowest BCUT2D eigenvalue weighted by molar-refractivity contribution is -0.141. The van der Waals surface area contributed by atoms with Crippen LogP contribution in [0, 0.1) is 11.8 Å². The second-order valence-electron chi connectivity index (χ2n) is 14.7. The van der Waals surface area contributed by atoms with Gasteiger partial charge < -0.3 is 25.0 Å². The summed E-state index contributed by atoms with van der Waals surface area (Å²) in [5.41, 5.74) is 1.80. The Morgan fingerprint density at radius 3 is 2.57 bits per heavy atom. The van der Waals surface area contributed by atoms with Crippen LogP contribution in [0.3, 0.4) is 0 Å². The minimum atomic E-state index is -3.90. The van der Waals surface area contributed by atoms with Gasteiger partial charge in [-0.2, -0.15) is 0 Å². The van der Waals surface area contributed by atoms with Crippen LogP contribution >= 0.6 is 0 Å². The SMILES string of the molecule is C=C[C@@H]1C[C@@]1(NC(=O)[C@@H]1C[C@@H]2CN1C(=O)[C@H](C(C)C)NC(=O)OCCC/C=C/c1ccc3nc(-c4ccccc4)c(nc3c1)O2)C(=O)NS(=O)(=O)C1CC1. The van der Waals surface area contributed by atoms with Gasteiger partial charge in [-0.25, -0.2) is 23.2 Å². The first-order chi connectivity index (χ1) is 25.9. The van der Waals surface area contributed by atoms with Gasteiger partial charge in [-0.3, -0.25) is 19.1 Å². The molecule has 1 saturated heterocycles. The summed E-state index contributed by atoms with van der Waals surface area (Å²) in [5, 5.41) is 4.84. The maximum atomic E-state index is 14.4. The number of cyclic esters (lactones) is 1. The van der Waals surface area contributed by atoms with Crippen molar-refractivity contribution in [2.45, 2.75) is 81.3 Å². The maximum absolute atomic E-state index is 14.4. The van der Waals surface area contributed by atoms with Gasteiger partial charge >= 0.3 is 6.09 Å². The van der Waals surface area contributed by atoms with Crippen molar-refractivity contribution in [1.29, 1.82) is 0 Å². The molecule has 5 atom stereocenters. The Labute approximate surface area is 313 Å². The molecule has 15 heteroatoms. The molecule has 14 nitrogen and oxygen atoms in total. The zero-order chi connectivity index (χ0) is 38.2. The zero-order valence-electron chi connectivity index (χ0n) is 30.2. The van der Waals surface area contributed by atoms with E-state index in [1.54, 1.807) is 13.8 Å². The lowest BCUT2D eigenvalue weighted by Crippen LogP contribution is -2.59. The predicted octanol–water partition coefficient (Wildman–Crippen LogP) is 3.87. The molecule has 0 spiro atoms. The molecular formula is C39H44N6O8S. The highest BCUT2D eigenvalue weighted by Gasteiger charge is 2.62. The molecule has 3 N–H and O–H groups in total. The van der Waals surface area contributed by atoms with Crippen molar-refractivity contribution in [2.75, 3.05) is 13.2 Å². The molecular weight excluding hydrogens is 713 g/mol. The number of aromatic nitrogens is 2. The van der Waals surface area contributed by atoms with Crippen molar-refractivity contribution in [3.8, 4) is 17.1 Å². The molecule has 7 rings (SSSR count). The number of ether oxygens (including phenoxy) is 2. The summed E-state index contributed by atoms with van der Waals surface area (Å²) in [6.07, 6.45) is 6.15. The fourth-order valence-corrected chi connectivity index (χ4v) is 8.39. The molecule has 3 fully saturated rings. The summed E-state index contributed by atoms with van der Waals surface area (Å²) in [5.74, 6) is -2.77. The molecule has 1 aromatic heterocycles. The number of carbonyl (C=O) groups excluding carboxylic acids is 4. The molecule has 2 saturated carbocycles. The first-order valence-corrected chi connectivity index (χ1v) is 19.9. The Morgan fingerprint density at radius 2 is 1.87 bits per heavy atom. The standard InChI is InChI=1S/C39H44N6O8S/c1-4-26-21-39(26,37(48)44-54(50,51)28-15-16-28)43-34(46)31-20-27-22-45(31)36(47)32(23(2)3)42-38(49)52-18-10-6-7-11-24-14-17-29-30(19-24)41-35(53-27)33(40-29)25-12-8-5-9-13-25/h4-5,7-9,11-14,17,19,23,26-28,31-32H,1,6,10,15-16,18,20-22H2,2-3H3,(H,42,49)(H,43,46)(H,44,48)/b11-7+/t26-,27-,31+,32+,39+/m1/s1. The molecule has 3 heterocycles. The van der Waals surface area contributed by atoms with E-state index in [2.05, 4.69) is 21.9 Å². The average molecular weight is 757 g/mol. The van der Waals surface area contributed by atoms with Crippen molar-refractivity contribution < 1.29 is 37.1 Å². The second-order valence-corrected chi connectivity index (χ2v) is 16.7. The van der Waals surface area contributed by atoms with E-state index in [4.69, 9.17) is 19.4 Å². The van der Waals surface area contributed by atoms with E-state index < -0.39 is 74.7 Å². The first-order valence-electron chi connectivity index (χ1n) is 18.3. The van der Waals surface area contributed by atoms with Gasteiger partial charge in [0.05, 0.1) is 29.4 Å². The quantitative estimate of drug-likeness (QED) is 0.285. The van der Waals surface area contributed by atoms with E-state index in [9.17, 15) is 27.6 Å². The first kappa shape index (κ1) is 37.0. The van der Waals surface area contributed by atoms with Crippen molar-refractivity contribution in [2.24, 2.45) is 11.8 Å². The van der Waals surface area contributed by atoms with E-state index in [-0.39, 0.29) is 31.9 Å². The maximum Gasteiger partial charge on any atom is 0.407 e. The molecule has 2 aromatic carbocycles. The Bertz CT molecular complexity index is 2120. The van der Waals surface area contributed by atoms with Crippen LogP contribution in [0.25, 0.3) is 28.4 Å². The molecule has 4 aliphatic rings. The van der Waals surface area contributed by atoms with E-state index >= 15 is 0 Å². The molecule has 0 unspecified atom stereocenters. The largest absolute Gasteiger partial charge is 0.471 e. The topological polar surface area (TPSA) is 186 Å². The number of sulfonamides is 1. The lowest BCUT2D eigenvalue weighted by Gasteiger charge is -2.31. The summed E-state index contributed by atoms with van der Waals surface area (Å²) in [7, 11) is -3.90. The lowest BCUT2D eigenvalue weighted by atomic mass is 10.0. The molecule has 5 bridgehead atoms. The van der Waals surface area contributed by atoms with Crippen LogP contribution < -0.4 is 20.1 Å². The van der Waals surface area contributed by atoms with Gasteiger partial charge in [-0.15, -0.1) is 6.58 Å². The number of alkyl carbamates (subject to hydrolysis) is 1. The van der Waals surface area contributed by atoms with Gasteiger partial charge in [0.25, 0.3) is 5.91 Å². The van der Waals surface area contributed by atoms with E-state index in [1.165, 1.54) is 11.0 Å². The minimum Gasteiger partial charge on any atom is -0.471 e. The van der Waals surface area contributed by atoms with Crippen molar-refractivity contribution >= 4 is 50.9 Å². The van der Waals surface area contributed by atoms with Crippen LogP contribution in [0.2, 0.25) is 0 Å². The second kappa shape index (κ2) is 14.8. The van der Waals surface area contributed by atoms with Crippen molar-refractivity contribution in [3.63, 3.8) is 0 Å². The van der Waals surface area contributed by atoms with Gasteiger partial charge in [-0.05, 0) is 55.7 Å². The number of allylic oxidation sites excluding steroid dienone is 1. The number of amides is 4. The van der Waals surface area contributed by atoms with Crippen LogP contribution in [0.4, 0.5) is 4.79 Å². The van der Waals surface area contributed by atoms with Crippen LogP contribution in [-0.4, -0.2) is 89.2 Å². The number of carbonyl (C=O) groups is 4. The Hall–Kier alpha value is -5.31. The Balaban J connectivity index is 1.25. The third-order valence-electron chi connectivity index (χ3n) is 10.3. The molecule has 54 heavy (non-hydrogen) atoms. The molecule has 3 aromatic rings. The average Bonchev–Trinajstić information content (AvgIpc) is 4.08. The van der Waals surface area contributed by atoms with Gasteiger partial charge in [0.1, 0.15) is 29.4 Å². The summed E-state index contributed by atoms with van der Waals surface area (Å²) in [6.45, 7) is 7.38. The fourth-order valence-electron chi connectivity index (χ4n) is 7.02. The molecule has 4 amide bonds. The minimum absolute atomic E-state index is 0.000384. The van der Waals surface area contributed by atoms with Crippen LogP contribution in [-0.2, 0) is 29.1 Å². The highest BCUT2D eigenvalue weighted by Crippen LogP contribution is 2.45. The predicted molar refractivity (Wildman–Crippen MR) is 200 cm³/mol. The van der Waals surface area contributed by atoms with Gasteiger partial charge in [0, 0.05) is 17.9 Å². The van der Waals surface area contributed by atoms with Crippen LogP contribution in [0.15, 0.2) is 67.3 Å². The van der Waals surface area contributed by atoms with Crippen LogP contribution in [0.1, 0.15) is 57.9 Å².